The Morgan fingerprint density at radius 1 is 1.23 bits per heavy atom. The first-order valence-electron chi connectivity index (χ1n) is 4.28. The van der Waals surface area contributed by atoms with Crippen molar-refractivity contribution < 1.29 is 14.3 Å². The topological polar surface area (TPSA) is 43.4 Å². The fourth-order valence-corrected chi connectivity index (χ4v) is 0.738. The molecule has 0 heterocycles. The summed E-state index contributed by atoms with van der Waals surface area (Å²) in [6.07, 6.45) is 1.25. The van der Waals surface area contributed by atoms with Crippen LogP contribution in [0.25, 0.3) is 0 Å². The molecule has 0 aromatic rings. The molecule has 0 radical (unpaired) electrons. The van der Waals surface area contributed by atoms with Crippen LogP contribution >= 0.6 is 0 Å². The molecule has 0 atom stereocenters. The Bertz CT molecular complexity index is 210. The van der Waals surface area contributed by atoms with Gasteiger partial charge in [-0.1, -0.05) is 13.8 Å². The van der Waals surface area contributed by atoms with Crippen LogP contribution in [-0.2, 0) is 14.3 Å². The molecule has 3 nitrogen and oxygen atoms in total. The molecule has 0 aromatic carbocycles. The highest BCUT2D eigenvalue weighted by molar-refractivity contribution is 6.18. The van der Waals surface area contributed by atoms with Crippen molar-refractivity contribution in [3.05, 3.63) is 11.8 Å². The van der Waals surface area contributed by atoms with Crippen molar-refractivity contribution in [3.8, 4) is 0 Å². The van der Waals surface area contributed by atoms with E-state index in [0.717, 1.165) is 0 Å². The highest BCUT2D eigenvalue weighted by Gasteiger charge is 2.09. The molecule has 0 saturated heterocycles. The zero-order valence-electron chi connectivity index (χ0n) is 8.59. The fraction of sp³-hybridized carbons (Fsp3) is 0.600. The Morgan fingerprint density at radius 2 is 1.69 bits per heavy atom. The molecule has 0 bridgehead atoms. The van der Waals surface area contributed by atoms with Crippen molar-refractivity contribution in [2.24, 2.45) is 5.92 Å². The van der Waals surface area contributed by atoms with Gasteiger partial charge in [-0.2, -0.15) is 0 Å². The monoisotopic (exact) mass is 184 g/mol. The van der Waals surface area contributed by atoms with Gasteiger partial charge in [-0.05, 0) is 19.8 Å². The Balaban J connectivity index is 4.22. The Labute approximate surface area is 78.8 Å². The number of ether oxygens (including phenoxy) is 1. The van der Waals surface area contributed by atoms with Crippen LogP contribution < -0.4 is 0 Å². The van der Waals surface area contributed by atoms with E-state index in [0.29, 0.717) is 12.5 Å². The van der Waals surface area contributed by atoms with Crippen LogP contribution in [0.1, 0.15) is 27.7 Å². The van der Waals surface area contributed by atoms with Gasteiger partial charge >= 0.3 is 0 Å². The van der Waals surface area contributed by atoms with Gasteiger partial charge in [0.2, 0.25) is 0 Å². The van der Waals surface area contributed by atoms with Gasteiger partial charge in [-0.25, -0.2) is 0 Å². The van der Waals surface area contributed by atoms with Crippen molar-refractivity contribution in [2.75, 3.05) is 6.61 Å². The number of Topliss-reactive ketones (excluding diaryl/α,β-unsaturated/α-hetero) is 2. The van der Waals surface area contributed by atoms with E-state index in [9.17, 15) is 9.59 Å². The summed E-state index contributed by atoms with van der Waals surface area (Å²) in [5, 5.41) is 0. The van der Waals surface area contributed by atoms with Crippen LogP contribution in [0.4, 0.5) is 0 Å². The summed E-state index contributed by atoms with van der Waals surface area (Å²) in [5.74, 6) is -0.121. The van der Waals surface area contributed by atoms with E-state index in [4.69, 9.17) is 4.74 Å². The van der Waals surface area contributed by atoms with Crippen LogP contribution in [0.3, 0.4) is 0 Å². The van der Waals surface area contributed by atoms with E-state index in [2.05, 4.69) is 0 Å². The summed E-state index contributed by atoms with van der Waals surface area (Å²) < 4.78 is 5.08. The minimum Gasteiger partial charge on any atom is -0.500 e. The Kier molecular flexibility index (Phi) is 5.04. The van der Waals surface area contributed by atoms with Crippen LogP contribution in [0.5, 0.6) is 0 Å². The molecule has 0 amide bonds. The molecular formula is C10H16O3. The van der Waals surface area contributed by atoms with Crippen molar-refractivity contribution in [1.82, 2.24) is 0 Å². The summed E-state index contributed by atoms with van der Waals surface area (Å²) in [6, 6.07) is 0. The zero-order chi connectivity index (χ0) is 10.4. The van der Waals surface area contributed by atoms with E-state index in [1.54, 1.807) is 0 Å². The van der Waals surface area contributed by atoms with E-state index in [1.807, 2.05) is 13.8 Å². The van der Waals surface area contributed by atoms with E-state index < -0.39 is 0 Å². The first-order valence-corrected chi connectivity index (χ1v) is 4.28. The molecule has 13 heavy (non-hydrogen) atoms. The first kappa shape index (κ1) is 11.9. The molecular weight excluding hydrogens is 168 g/mol. The number of hydrogen-bond acceptors (Lipinski definition) is 3. The second-order valence-electron chi connectivity index (χ2n) is 3.37. The second kappa shape index (κ2) is 5.51. The zero-order valence-corrected chi connectivity index (χ0v) is 8.59. The molecule has 0 aliphatic rings. The predicted molar refractivity (Wildman–Crippen MR) is 50.2 cm³/mol. The average molecular weight is 184 g/mol. The molecule has 3 heteroatoms. The third kappa shape index (κ3) is 5.17. The lowest BCUT2D eigenvalue weighted by atomic mass is 10.1. The van der Waals surface area contributed by atoms with Crippen molar-refractivity contribution >= 4 is 11.6 Å². The van der Waals surface area contributed by atoms with Crippen LogP contribution in [-0.4, -0.2) is 18.2 Å². The number of carbonyl (C=O) groups is 2. The van der Waals surface area contributed by atoms with Gasteiger partial charge in [-0.15, -0.1) is 0 Å². The smallest absolute Gasteiger partial charge is 0.166 e. The summed E-state index contributed by atoms with van der Waals surface area (Å²) in [4.78, 5) is 21.8. The van der Waals surface area contributed by atoms with Crippen molar-refractivity contribution in [2.45, 2.75) is 27.7 Å². The van der Waals surface area contributed by atoms with Gasteiger partial charge < -0.3 is 4.74 Å². The predicted octanol–water partition coefficient (Wildman–Crippen LogP) is 1.72. The molecule has 0 N–H and O–H groups in total. The third-order valence-corrected chi connectivity index (χ3v) is 1.39. The van der Waals surface area contributed by atoms with Gasteiger partial charge in [0.1, 0.15) is 0 Å². The first-order chi connectivity index (χ1) is 5.95. The summed E-state index contributed by atoms with van der Waals surface area (Å²) in [7, 11) is 0. The molecule has 0 fully saturated rings. The maximum atomic E-state index is 10.9. The Morgan fingerprint density at radius 3 is 2.00 bits per heavy atom. The molecule has 0 aromatic heterocycles. The highest BCUT2D eigenvalue weighted by Crippen LogP contribution is 2.00. The molecule has 0 aliphatic carbocycles. The minimum atomic E-state index is -0.253. The molecule has 0 unspecified atom stereocenters. The molecule has 0 spiro atoms. The maximum Gasteiger partial charge on any atom is 0.166 e. The van der Waals surface area contributed by atoms with Crippen LogP contribution in [0.2, 0.25) is 0 Å². The number of hydrogen-bond donors (Lipinski definition) is 0. The number of carbonyl (C=O) groups excluding carboxylic acids is 2. The lowest BCUT2D eigenvalue weighted by molar-refractivity contribution is -0.119. The number of rotatable bonds is 5. The minimum absolute atomic E-state index is 0.126. The lowest BCUT2D eigenvalue weighted by Gasteiger charge is -2.04. The summed E-state index contributed by atoms with van der Waals surface area (Å²) in [6.45, 7) is 7.21. The Hall–Kier alpha value is -1.12. The fourth-order valence-electron chi connectivity index (χ4n) is 0.738. The van der Waals surface area contributed by atoms with Crippen molar-refractivity contribution in [3.63, 3.8) is 0 Å². The lowest BCUT2D eigenvalue weighted by Crippen LogP contribution is -2.08. The number of allylic oxidation sites excluding steroid dienone is 1. The SMILES string of the molecule is CC(=O)C(=COCC(C)C)C(C)=O. The highest BCUT2D eigenvalue weighted by atomic mass is 16.5. The van der Waals surface area contributed by atoms with Gasteiger partial charge in [0.05, 0.1) is 18.4 Å². The third-order valence-electron chi connectivity index (χ3n) is 1.39. The van der Waals surface area contributed by atoms with Gasteiger partial charge in [-0.3, -0.25) is 9.59 Å². The largest absolute Gasteiger partial charge is 0.500 e. The second-order valence-corrected chi connectivity index (χ2v) is 3.37. The van der Waals surface area contributed by atoms with Crippen molar-refractivity contribution in [1.29, 1.82) is 0 Å². The number of ketones is 2. The summed E-state index contributed by atoms with van der Waals surface area (Å²) in [5.41, 5.74) is 0.126. The van der Waals surface area contributed by atoms with E-state index in [-0.39, 0.29) is 17.1 Å². The quantitative estimate of drug-likeness (QED) is 0.283. The normalized spacial score (nSPS) is 9.62. The standard InChI is InChI=1S/C10H16O3/c1-7(2)5-13-6-10(8(3)11)9(4)12/h6-7H,5H2,1-4H3. The molecule has 0 aliphatic heterocycles. The molecule has 0 saturated carbocycles. The molecule has 74 valence electrons. The summed E-state index contributed by atoms with van der Waals surface area (Å²) >= 11 is 0. The average Bonchev–Trinajstić information content (AvgIpc) is 1.95. The van der Waals surface area contributed by atoms with E-state index >= 15 is 0 Å². The van der Waals surface area contributed by atoms with Gasteiger partial charge in [0, 0.05) is 0 Å². The van der Waals surface area contributed by atoms with Crippen LogP contribution in [0.15, 0.2) is 11.8 Å². The van der Waals surface area contributed by atoms with Gasteiger partial charge in [0.25, 0.3) is 0 Å². The van der Waals surface area contributed by atoms with Gasteiger partial charge in [0.15, 0.2) is 11.6 Å². The molecule has 0 rings (SSSR count). The maximum absolute atomic E-state index is 10.9. The van der Waals surface area contributed by atoms with Crippen LogP contribution in [0, 0.1) is 5.92 Å². The van der Waals surface area contributed by atoms with E-state index in [1.165, 1.54) is 20.1 Å².